The quantitative estimate of drug-likeness (QED) is 0.852. The van der Waals surface area contributed by atoms with E-state index in [4.69, 9.17) is 34.8 Å². The van der Waals surface area contributed by atoms with Crippen LogP contribution >= 0.6 is 46.3 Å². The van der Waals surface area contributed by atoms with Gasteiger partial charge in [-0.2, -0.15) is 0 Å². The Hall–Kier alpha value is -0.920. The Morgan fingerprint density at radius 2 is 2.04 bits per heavy atom. The van der Waals surface area contributed by atoms with Gasteiger partial charge in [0.2, 0.25) is 5.91 Å². The number of aromatic nitrogens is 2. The summed E-state index contributed by atoms with van der Waals surface area (Å²) < 4.78 is 4.39. The largest absolute Gasteiger partial charge is 0.325 e. The average Bonchev–Trinajstić information content (AvgIpc) is 3.08. The molecule has 1 unspecified atom stereocenters. The van der Waals surface area contributed by atoms with Crippen molar-refractivity contribution in [3.05, 3.63) is 38.3 Å². The van der Waals surface area contributed by atoms with Crippen molar-refractivity contribution in [3.8, 4) is 0 Å². The minimum absolute atomic E-state index is 0.0832. The first-order valence-electron chi connectivity index (χ1n) is 7.00. The second kappa shape index (κ2) is 7.32. The van der Waals surface area contributed by atoms with Gasteiger partial charge in [-0.15, -0.1) is 5.10 Å². The van der Waals surface area contributed by atoms with E-state index < -0.39 is 0 Å². The van der Waals surface area contributed by atoms with Gasteiger partial charge in [-0.25, -0.2) is 0 Å². The van der Waals surface area contributed by atoms with Crippen molar-refractivity contribution < 1.29 is 4.79 Å². The fourth-order valence-corrected chi connectivity index (χ4v) is 3.79. The lowest BCUT2D eigenvalue weighted by molar-refractivity contribution is -0.120. The summed E-state index contributed by atoms with van der Waals surface area (Å²) in [4.78, 5) is 14.6. The van der Waals surface area contributed by atoms with E-state index in [9.17, 15) is 4.79 Å². The fraction of sp³-hybridized carbons (Fsp3) is 0.357. The summed E-state index contributed by atoms with van der Waals surface area (Å²) in [5, 5.41) is 7.85. The predicted molar refractivity (Wildman–Crippen MR) is 93.4 cm³/mol. The molecule has 1 saturated heterocycles. The van der Waals surface area contributed by atoms with Gasteiger partial charge in [-0.05, 0) is 37.6 Å². The van der Waals surface area contributed by atoms with E-state index in [0.29, 0.717) is 32.3 Å². The molecule has 5 nitrogen and oxygen atoms in total. The number of halogens is 3. The molecule has 0 saturated carbocycles. The standard InChI is InChI=1S/C14H13Cl3N4OS/c15-8-4-9(16)6-10(5-8)18-14(22)12-2-1-3-21(12)7-11-13(17)23-20-19-11/h4-6,12H,1-3,7H2,(H,18,22). The van der Waals surface area contributed by atoms with Crippen LogP contribution in [0.5, 0.6) is 0 Å². The number of amides is 1. The number of hydrogen-bond acceptors (Lipinski definition) is 5. The van der Waals surface area contributed by atoms with Gasteiger partial charge in [0.1, 0.15) is 10.0 Å². The zero-order valence-corrected chi connectivity index (χ0v) is 15.0. The number of rotatable bonds is 4. The van der Waals surface area contributed by atoms with E-state index in [1.807, 2.05) is 0 Å². The molecule has 0 radical (unpaired) electrons. The third kappa shape index (κ3) is 4.14. The second-order valence-electron chi connectivity index (χ2n) is 5.27. The molecule has 1 aromatic carbocycles. The number of anilines is 1. The van der Waals surface area contributed by atoms with Crippen LogP contribution in [0.2, 0.25) is 14.4 Å². The third-order valence-corrected chi connectivity index (χ3v) is 5.08. The highest BCUT2D eigenvalue weighted by atomic mass is 35.5. The van der Waals surface area contributed by atoms with Crippen LogP contribution in [0.3, 0.4) is 0 Å². The minimum atomic E-state index is -0.231. The molecule has 0 bridgehead atoms. The summed E-state index contributed by atoms with van der Waals surface area (Å²) >= 11 is 19.1. The highest BCUT2D eigenvalue weighted by molar-refractivity contribution is 7.10. The minimum Gasteiger partial charge on any atom is -0.325 e. The van der Waals surface area contributed by atoms with E-state index in [1.165, 1.54) is 0 Å². The van der Waals surface area contributed by atoms with Crippen LogP contribution in [0.25, 0.3) is 0 Å². The number of likely N-dealkylation sites (tertiary alicyclic amines) is 1. The monoisotopic (exact) mass is 390 g/mol. The van der Waals surface area contributed by atoms with Crippen molar-refractivity contribution in [2.24, 2.45) is 0 Å². The highest BCUT2D eigenvalue weighted by Gasteiger charge is 2.31. The number of nitrogens with zero attached hydrogens (tertiary/aromatic N) is 3. The SMILES string of the molecule is O=C(Nc1cc(Cl)cc(Cl)c1)C1CCCN1Cc1nnsc1Cl. The zero-order valence-electron chi connectivity index (χ0n) is 11.9. The van der Waals surface area contributed by atoms with Gasteiger partial charge >= 0.3 is 0 Å². The van der Waals surface area contributed by atoms with Gasteiger partial charge in [0, 0.05) is 33.8 Å². The normalized spacial score (nSPS) is 18.3. The zero-order chi connectivity index (χ0) is 16.4. The molecule has 1 aromatic heterocycles. The Morgan fingerprint density at radius 1 is 1.30 bits per heavy atom. The van der Waals surface area contributed by atoms with Crippen LogP contribution in [-0.4, -0.2) is 33.0 Å². The summed E-state index contributed by atoms with van der Waals surface area (Å²) in [5.74, 6) is -0.0832. The van der Waals surface area contributed by atoms with Gasteiger partial charge < -0.3 is 5.32 Å². The molecule has 122 valence electrons. The summed E-state index contributed by atoms with van der Waals surface area (Å²) in [5.41, 5.74) is 1.30. The van der Waals surface area contributed by atoms with E-state index in [0.717, 1.165) is 30.9 Å². The summed E-state index contributed by atoms with van der Waals surface area (Å²) in [7, 11) is 0. The Kier molecular flexibility index (Phi) is 5.38. The van der Waals surface area contributed by atoms with Crippen molar-refractivity contribution in [1.29, 1.82) is 0 Å². The molecule has 1 fully saturated rings. The first-order chi connectivity index (χ1) is 11.0. The van der Waals surface area contributed by atoms with Crippen molar-refractivity contribution in [2.75, 3.05) is 11.9 Å². The molecule has 1 aliphatic heterocycles. The lowest BCUT2D eigenvalue weighted by Gasteiger charge is -2.22. The molecule has 2 aromatic rings. The smallest absolute Gasteiger partial charge is 0.241 e. The van der Waals surface area contributed by atoms with Gasteiger partial charge in [0.25, 0.3) is 0 Å². The molecule has 0 aliphatic carbocycles. The molecule has 1 atom stereocenters. The van der Waals surface area contributed by atoms with Crippen molar-refractivity contribution in [1.82, 2.24) is 14.5 Å². The van der Waals surface area contributed by atoms with E-state index in [2.05, 4.69) is 19.8 Å². The van der Waals surface area contributed by atoms with Gasteiger partial charge in [-0.3, -0.25) is 9.69 Å². The van der Waals surface area contributed by atoms with Gasteiger partial charge in [-0.1, -0.05) is 39.3 Å². The summed E-state index contributed by atoms with van der Waals surface area (Å²) in [6, 6.07) is 4.74. The molecule has 1 amide bonds. The van der Waals surface area contributed by atoms with Crippen LogP contribution in [0.15, 0.2) is 18.2 Å². The molecule has 1 aliphatic rings. The molecule has 1 N–H and O–H groups in total. The molecule has 23 heavy (non-hydrogen) atoms. The third-order valence-electron chi connectivity index (χ3n) is 3.66. The first-order valence-corrected chi connectivity index (χ1v) is 8.91. The second-order valence-corrected chi connectivity index (χ2v) is 7.50. The Labute approximate surface area is 152 Å². The lowest BCUT2D eigenvalue weighted by Crippen LogP contribution is -2.39. The molecular weight excluding hydrogens is 379 g/mol. The maximum absolute atomic E-state index is 12.6. The molecule has 0 spiro atoms. The lowest BCUT2D eigenvalue weighted by atomic mass is 10.2. The van der Waals surface area contributed by atoms with E-state index >= 15 is 0 Å². The molecular formula is C14H13Cl3N4OS. The maximum Gasteiger partial charge on any atom is 0.241 e. The summed E-state index contributed by atoms with van der Waals surface area (Å²) in [6.07, 6.45) is 1.74. The number of nitrogens with one attached hydrogen (secondary N) is 1. The van der Waals surface area contributed by atoms with E-state index in [1.54, 1.807) is 18.2 Å². The fourth-order valence-electron chi connectivity index (χ4n) is 2.65. The molecule has 2 heterocycles. The summed E-state index contributed by atoms with van der Waals surface area (Å²) in [6.45, 7) is 1.34. The van der Waals surface area contributed by atoms with Crippen LogP contribution in [0, 0.1) is 0 Å². The average molecular weight is 392 g/mol. The Bertz CT molecular complexity index is 704. The topological polar surface area (TPSA) is 58.1 Å². The van der Waals surface area contributed by atoms with Crippen LogP contribution in [0.4, 0.5) is 5.69 Å². The van der Waals surface area contributed by atoms with Crippen LogP contribution < -0.4 is 5.32 Å². The predicted octanol–water partition coefficient (Wildman–Crippen LogP) is 4.10. The first kappa shape index (κ1) is 16.9. The van der Waals surface area contributed by atoms with E-state index in [-0.39, 0.29) is 11.9 Å². The van der Waals surface area contributed by atoms with Crippen LogP contribution in [-0.2, 0) is 11.3 Å². The Morgan fingerprint density at radius 3 is 2.70 bits per heavy atom. The van der Waals surface area contributed by atoms with Crippen LogP contribution in [0.1, 0.15) is 18.5 Å². The Balaban J connectivity index is 1.69. The number of carbonyl (C=O) groups excluding carboxylic acids is 1. The van der Waals surface area contributed by atoms with Gasteiger partial charge in [0.15, 0.2) is 0 Å². The van der Waals surface area contributed by atoms with Crippen molar-refractivity contribution >= 4 is 57.9 Å². The highest BCUT2D eigenvalue weighted by Crippen LogP contribution is 2.26. The number of hydrogen-bond donors (Lipinski definition) is 1. The number of carbonyl (C=O) groups is 1. The molecule has 9 heteroatoms. The maximum atomic E-state index is 12.6. The number of benzene rings is 1. The van der Waals surface area contributed by atoms with Gasteiger partial charge in [0.05, 0.1) is 6.04 Å². The van der Waals surface area contributed by atoms with Crippen molar-refractivity contribution in [3.63, 3.8) is 0 Å². The van der Waals surface area contributed by atoms with Crippen molar-refractivity contribution in [2.45, 2.75) is 25.4 Å². The molecule has 3 rings (SSSR count).